The molecule has 3 nitrogen and oxygen atoms in total. The zero-order chi connectivity index (χ0) is 13.1. The van der Waals surface area contributed by atoms with E-state index in [9.17, 15) is 0 Å². The van der Waals surface area contributed by atoms with Crippen LogP contribution in [0.2, 0.25) is 0 Å². The Morgan fingerprint density at radius 1 is 1.00 bits per heavy atom. The van der Waals surface area contributed by atoms with Crippen LogP contribution in [0.15, 0.2) is 60.8 Å². The van der Waals surface area contributed by atoms with Crippen LogP contribution in [0.1, 0.15) is 5.56 Å². The van der Waals surface area contributed by atoms with Gasteiger partial charge in [0, 0.05) is 11.6 Å². The minimum absolute atomic E-state index is 0.580. The minimum Gasteiger partial charge on any atom is -0.457 e. The van der Waals surface area contributed by atoms with E-state index in [1.54, 1.807) is 24.4 Å². The maximum Gasteiger partial charge on any atom is 0.136 e. The number of aromatic nitrogens is 1. The summed E-state index contributed by atoms with van der Waals surface area (Å²) in [4.78, 5) is 4.28. The number of benzene rings is 2. The zero-order valence-corrected chi connectivity index (χ0v) is 10.1. The summed E-state index contributed by atoms with van der Waals surface area (Å²) < 4.78 is 5.84. The van der Waals surface area contributed by atoms with Gasteiger partial charge >= 0.3 is 0 Å². The first kappa shape index (κ1) is 11.2. The van der Waals surface area contributed by atoms with Gasteiger partial charge < -0.3 is 4.74 Å². The lowest BCUT2D eigenvalue weighted by Gasteiger charge is -2.08. The van der Waals surface area contributed by atoms with Crippen LogP contribution >= 0.6 is 0 Å². The van der Waals surface area contributed by atoms with Gasteiger partial charge in [-0.2, -0.15) is 5.26 Å². The van der Waals surface area contributed by atoms with E-state index in [-0.39, 0.29) is 0 Å². The van der Waals surface area contributed by atoms with Gasteiger partial charge in [0.05, 0.1) is 17.1 Å². The maximum atomic E-state index is 8.88. The molecule has 0 amide bonds. The molecular formula is C16H10N2O. The van der Waals surface area contributed by atoms with E-state index in [1.807, 2.05) is 36.4 Å². The Morgan fingerprint density at radius 3 is 2.79 bits per heavy atom. The summed E-state index contributed by atoms with van der Waals surface area (Å²) in [6.07, 6.45) is 1.75. The molecule has 0 saturated carbocycles. The van der Waals surface area contributed by atoms with Gasteiger partial charge in [-0.3, -0.25) is 4.98 Å². The summed E-state index contributed by atoms with van der Waals surface area (Å²) in [5.74, 6) is 1.39. The predicted octanol–water partition coefficient (Wildman–Crippen LogP) is 3.90. The SMILES string of the molecule is N#Cc1cccc(Oc2cccc3ncccc23)c1. The largest absolute Gasteiger partial charge is 0.457 e. The first-order valence-corrected chi connectivity index (χ1v) is 5.88. The molecule has 0 radical (unpaired) electrons. The Hall–Kier alpha value is -2.86. The molecule has 3 rings (SSSR count). The van der Waals surface area contributed by atoms with Crippen molar-refractivity contribution in [3.63, 3.8) is 0 Å². The fraction of sp³-hybridized carbons (Fsp3) is 0. The number of pyridine rings is 1. The molecule has 0 saturated heterocycles. The van der Waals surface area contributed by atoms with Crippen molar-refractivity contribution in [2.45, 2.75) is 0 Å². The van der Waals surface area contributed by atoms with Crippen LogP contribution in [0.3, 0.4) is 0 Å². The molecule has 0 spiro atoms. The molecule has 0 fully saturated rings. The molecule has 3 aromatic rings. The van der Waals surface area contributed by atoms with Gasteiger partial charge in [0.15, 0.2) is 0 Å². The van der Waals surface area contributed by atoms with Crippen LogP contribution in [0.5, 0.6) is 11.5 Å². The Balaban J connectivity index is 2.04. The van der Waals surface area contributed by atoms with Crippen molar-refractivity contribution in [1.29, 1.82) is 5.26 Å². The standard InChI is InChI=1S/C16H10N2O/c17-11-12-4-1-5-13(10-12)19-16-8-2-7-15-14(16)6-3-9-18-15/h1-10H. The second-order valence-electron chi connectivity index (χ2n) is 4.07. The van der Waals surface area contributed by atoms with Gasteiger partial charge in [-0.15, -0.1) is 0 Å². The van der Waals surface area contributed by atoms with Crippen molar-refractivity contribution < 1.29 is 4.74 Å². The third-order valence-corrected chi connectivity index (χ3v) is 2.80. The molecule has 0 atom stereocenters. The van der Waals surface area contributed by atoms with Crippen molar-refractivity contribution >= 4 is 10.9 Å². The van der Waals surface area contributed by atoms with Crippen LogP contribution in [0, 0.1) is 11.3 Å². The van der Waals surface area contributed by atoms with E-state index in [1.165, 1.54) is 0 Å². The van der Waals surface area contributed by atoms with Crippen molar-refractivity contribution in [2.24, 2.45) is 0 Å². The van der Waals surface area contributed by atoms with E-state index >= 15 is 0 Å². The summed E-state index contributed by atoms with van der Waals surface area (Å²) in [7, 11) is 0. The third-order valence-electron chi connectivity index (χ3n) is 2.80. The van der Waals surface area contributed by atoms with Crippen molar-refractivity contribution in [3.05, 3.63) is 66.4 Å². The molecule has 0 aliphatic rings. The first-order valence-electron chi connectivity index (χ1n) is 5.88. The quantitative estimate of drug-likeness (QED) is 0.688. The lowest BCUT2D eigenvalue weighted by Crippen LogP contribution is -1.87. The number of hydrogen-bond acceptors (Lipinski definition) is 3. The highest BCUT2D eigenvalue weighted by atomic mass is 16.5. The van der Waals surface area contributed by atoms with Gasteiger partial charge in [0.2, 0.25) is 0 Å². The molecule has 0 aliphatic heterocycles. The van der Waals surface area contributed by atoms with E-state index < -0.39 is 0 Å². The van der Waals surface area contributed by atoms with Crippen LogP contribution in [-0.4, -0.2) is 4.98 Å². The van der Waals surface area contributed by atoms with Gasteiger partial charge in [-0.1, -0.05) is 12.1 Å². The third kappa shape index (κ3) is 2.24. The minimum atomic E-state index is 0.580. The molecular weight excluding hydrogens is 236 g/mol. The lowest BCUT2D eigenvalue weighted by atomic mass is 10.2. The van der Waals surface area contributed by atoms with Gasteiger partial charge in [-0.25, -0.2) is 0 Å². The van der Waals surface area contributed by atoms with Crippen LogP contribution in [0.4, 0.5) is 0 Å². The molecule has 0 unspecified atom stereocenters. The van der Waals surface area contributed by atoms with E-state index in [0.29, 0.717) is 11.3 Å². The van der Waals surface area contributed by atoms with Crippen molar-refractivity contribution in [2.75, 3.05) is 0 Å². The summed E-state index contributed by atoms with van der Waals surface area (Å²) in [5, 5.41) is 9.84. The highest BCUT2D eigenvalue weighted by Gasteiger charge is 2.04. The molecule has 19 heavy (non-hydrogen) atoms. The number of nitrogens with zero attached hydrogens (tertiary/aromatic N) is 2. The summed E-state index contributed by atoms with van der Waals surface area (Å²) in [6.45, 7) is 0. The Kier molecular flexibility index (Phi) is 2.83. The topological polar surface area (TPSA) is 45.9 Å². The predicted molar refractivity (Wildman–Crippen MR) is 73.0 cm³/mol. The Morgan fingerprint density at radius 2 is 1.89 bits per heavy atom. The van der Waals surface area contributed by atoms with E-state index in [0.717, 1.165) is 16.7 Å². The average molecular weight is 246 g/mol. The molecule has 3 heteroatoms. The summed E-state index contributed by atoms with van der Waals surface area (Å²) in [6, 6.07) is 18.8. The number of hydrogen-bond donors (Lipinski definition) is 0. The average Bonchev–Trinajstić information content (AvgIpc) is 2.48. The number of rotatable bonds is 2. The van der Waals surface area contributed by atoms with Gasteiger partial charge in [0.1, 0.15) is 11.5 Å². The summed E-state index contributed by atoms with van der Waals surface area (Å²) in [5.41, 5.74) is 1.47. The highest BCUT2D eigenvalue weighted by Crippen LogP contribution is 2.28. The van der Waals surface area contributed by atoms with Crippen LogP contribution < -0.4 is 4.74 Å². The first-order chi connectivity index (χ1) is 9.36. The van der Waals surface area contributed by atoms with Crippen LogP contribution in [-0.2, 0) is 0 Å². The van der Waals surface area contributed by atoms with Crippen molar-refractivity contribution in [1.82, 2.24) is 4.98 Å². The van der Waals surface area contributed by atoms with Crippen molar-refractivity contribution in [3.8, 4) is 17.6 Å². The zero-order valence-electron chi connectivity index (χ0n) is 10.1. The molecule has 1 heterocycles. The fourth-order valence-electron chi connectivity index (χ4n) is 1.92. The maximum absolute atomic E-state index is 8.88. The Bertz CT molecular complexity index is 770. The molecule has 2 aromatic carbocycles. The lowest BCUT2D eigenvalue weighted by molar-refractivity contribution is 0.488. The number of ether oxygens (including phenoxy) is 1. The Labute approximate surface area is 110 Å². The normalized spacial score (nSPS) is 10.1. The monoisotopic (exact) mass is 246 g/mol. The molecule has 0 bridgehead atoms. The second kappa shape index (κ2) is 4.79. The highest BCUT2D eigenvalue weighted by molar-refractivity contribution is 5.85. The molecule has 1 aromatic heterocycles. The number of fused-ring (bicyclic) bond motifs is 1. The fourth-order valence-corrected chi connectivity index (χ4v) is 1.92. The summed E-state index contributed by atoms with van der Waals surface area (Å²) >= 11 is 0. The molecule has 90 valence electrons. The van der Waals surface area contributed by atoms with Gasteiger partial charge in [-0.05, 0) is 42.5 Å². The molecule has 0 N–H and O–H groups in total. The van der Waals surface area contributed by atoms with E-state index in [4.69, 9.17) is 10.00 Å². The smallest absolute Gasteiger partial charge is 0.136 e. The number of nitriles is 1. The van der Waals surface area contributed by atoms with Gasteiger partial charge in [0.25, 0.3) is 0 Å². The molecule has 0 aliphatic carbocycles. The van der Waals surface area contributed by atoms with E-state index in [2.05, 4.69) is 11.1 Å². The van der Waals surface area contributed by atoms with Crippen LogP contribution in [0.25, 0.3) is 10.9 Å². The second-order valence-corrected chi connectivity index (χ2v) is 4.07.